The predicted molar refractivity (Wildman–Crippen MR) is 92.2 cm³/mol. The van der Waals surface area contributed by atoms with Crippen molar-refractivity contribution in [3.05, 3.63) is 42.5 Å². The molecule has 2 rings (SSSR count). The first kappa shape index (κ1) is 16.2. The fraction of sp³-hybridized carbons (Fsp3) is 0.444. The molecule has 2 aromatic rings. The van der Waals surface area contributed by atoms with Crippen LogP contribution in [0.3, 0.4) is 0 Å². The SMILES string of the molecule is CO[Si](OC)(c1cccc2ccccc12)C(C)(C)C(C)C. The fourth-order valence-corrected chi connectivity index (χ4v) is 7.08. The maximum absolute atomic E-state index is 6.12. The van der Waals surface area contributed by atoms with E-state index >= 15 is 0 Å². The van der Waals surface area contributed by atoms with Crippen LogP contribution >= 0.6 is 0 Å². The molecule has 0 bridgehead atoms. The predicted octanol–water partition coefficient (Wildman–Crippen LogP) is 4.22. The van der Waals surface area contributed by atoms with Gasteiger partial charge >= 0.3 is 8.56 Å². The van der Waals surface area contributed by atoms with E-state index in [-0.39, 0.29) is 5.04 Å². The van der Waals surface area contributed by atoms with Crippen LogP contribution in [0.2, 0.25) is 5.04 Å². The van der Waals surface area contributed by atoms with E-state index in [0.717, 1.165) is 0 Å². The van der Waals surface area contributed by atoms with Gasteiger partial charge in [0.15, 0.2) is 0 Å². The van der Waals surface area contributed by atoms with Crippen molar-refractivity contribution in [2.45, 2.75) is 32.7 Å². The van der Waals surface area contributed by atoms with Gasteiger partial charge in [0.2, 0.25) is 0 Å². The van der Waals surface area contributed by atoms with Gasteiger partial charge in [-0.15, -0.1) is 0 Å². The first-order valence-electron chi connectivity index (χ1n) is 7.49. The van der Waals surface area contributed by atoms with E-state index in [1.165, 1.54) is 16.0 Å². The number of fused-ring (bicyclic) bond motifs is 1. The third-order valence-corrected chi connectivity index (χ3v) is 9.58. The molecule has 0 N–H and O–H groups in total. The van der Waals surface area contributed by atoms with Gasteiger partial charge < -0.3 is 8.85 Å². The summed E-state index contributed by atoms with van der Waals surface area (Å²) in [5.74, 6) is 0.461. The fourth-order valence-electron chi connectivity index (χ4n) is 3.07. The minimum Gasteiger partial charge on any atom is -0.394 e. The molecule has 0 spiro atoms. The Labute approximate surface area is 129 Å². The highest BCUT2D eigenvalue weighted by Crippen LogP contribution is 2.45. The van der Waals surface area contributed by atoms with Crippen molar-refractivity contribution in [3.8, 4) is 0 Å². The lowest BCUT2D eigenvalue weighted by Crippen LogP contribution is -2.61. The van der Waals surface area contributed by atoms with Crippen LogP contribution in [0.4, 0.5) is 0 Å². The van der Waals surface area contributed by atoms with E-state index in [4.69, 9.17) is 8.85 Å². The van der Waals surface area contributed by atoms with E-state index in [2.05, 4.69) is 70.2 Å². The van der Waals surface area contributed by atoms with Crippen LogP contribution in [0, 0.1) is 5.92 Å². The average Bonchev–Trinajstić information content (AvgIpc) is 2.49. The zero-order valence-electron chi connectivity index (χ0n) is 13.9. The molecule has 0 heterocycles. The highest BCUT2D eigenvalue weighted by Gasteiger charge is 2.54. The van der Waals surface area contributed by atoms with Crippen molar-refractivity contribution in [3.63, 3.8) is 0 Å². The van der Waals surface area contributed by atoms with Crippen molar-refractivity contribution < 1.29 is 8.85 Å². The van der Waals surface area contributed by atoms with Crippen LogP contribution < -0.4 is 5.19 Å². The number of rotatable bonds is 5. The lowest BCUT2D eigenvalue weighted by molar-refractivity contribution is 0.207. The van der Waals surface area contributed by atoms with Crippen LogP contribution in [-0.2, 0) is 8.85 Å². The van der Waals surface area contributed by atoms with Crippen LogP contribution in [0.15, 0.2) is 42.5 Å². The van der Waals surface area contributed by atoms with E-state index < -0.39 is 8.56 Å². The molecular formula is C18H26O2Si. The minimum atomic E-state index is -2.57. The Kier molecular flexibility index (Phi) is 4.56. The molecule has 114 valence electrons. The molecule has 0 saturated carbocycles. The molecule has 0 radical (unpaired) electrons. The lowest BCUT2D eigenvalue weighted by Gasteiger charge is -2.44. The Hall–Kier alpha value is -1.16. The first-order valence-corrected chi connectivity index (χ1v) is 9.31. The van der Waals surface area contributed by atoms with Gasteiger partial charge in [0.1, 0.15) is 0 Å². The summed E-state index contributed by atoms with van der Waals surface area (Å²) in [6, 6.07) is 14.9. The van der Waals surface area contributed by atoms with Crippen molar-refractivity contribution in [1.29, 1.82) is 0 Å². The standard InChI is InChI=1S/C18H26O2Si/c1-14(2)18(3,4)21(19-5,20-6)17-13-9-11-15-10-7-8-12-16(15)17/h7-14H,1-6H3. The second-order valence-electron chi connectivity index (χ2n) is 6.43. The molecule has 0 amide bonds. The normalized spacial score (nSPS) is 13.1. The van der Waals surface area contributed by atoms with Gasteiger partial charge in [-0.05, 0) is 16.7 Å². The van der Waals surface area contributed by atoms with E-state index in [0.29, 0.717) is 5.92 Å². The highest BCUT2D eigenvalue weighted by molar-refractivity contribution is 6.85. The zero-order chi connectivity index (χ0) is 15.7. The molecule has 0 fully saturated rings. The summed E-state index contributed by atoms with van der Waals surface area (Å²) in [7, 11) is 1.01. The Morgan fingerprint density at radius 2 is 1.48 bits per heavy atom. The molecule has 3 heteroatoms. The van der Waals surface area contributed by atoms with Crippen molar-refractivity contribution in [2.24, 2.45) is 5.92 Å². The Morgan fingerprint density at radius 1 is 0.905 bits per heavy atom. The summed E-state index contributed by atoms with van der Waals surface area (Å²) in [6.07, 6.45) is 0. The van der Waals surface area contributed by atoms with Crippen molar-refractivity contribution in [2.75, 3.05) is 14.2 Å². The van der Waals surface area contributed by atoms with Gasteiger partial charge in [-0.2, -0.15) is 0 Å². The van der Waals surface area contributed by atoms with Gasteiger partial charge in [-0.25, -0.2) is 0 Å². The molecule has 0 saturated heterocycles. The summed E-state index contributed by atoms with van der Waals surface area (Å²) in [4.78, 5) is 0. The van der Waals surface area contributed by atoms with Crippen molar-refractivity contribution in [1.82, 2.24) is 0 Å². The maximum Gasteiger partial charge on any atom is 0.378 e. The van der Waals surface area contributed by atoms with Crippen LogP contribution in [0.1, 0.15) is 27.7 Å². The van der Waals surface area contributed by atoms with Gasteiger partial charge in [-0.3, -0.25) is 0 Å². The van der Waals surface area contributed by atoms with Gasteiger partial charge in [0, 0.05) is 24.4 Å². The Morgan fingerprint density at radius 3 is 2.05 bits per heavy atom. The molecular weight excluding hydrogens is 276 g/mol. The second kappa shape index (κ2) is 5.91. The quantitative estimate of drug-likeness (QED) is 0.770. The lowest BCUT2D eigenvalue weighted by atomic mass is 9.99. The van der Waals surface area contributed by atoms with E-state index in [1.807, 2.05) is 0 Å². The minimum absolute atomic E-state index is 0.0410. The summed E-state index contributed by atoms with van der Waals surface area (Å²) in [5, 5.41) is 3.66. The molecule has 0 aliphatic carbocycles. The molecule has 21 heavy (non-hydrogen) atoms. The smallest absolute Gasteiger partial charge is 0.378 e. The molecule has 0 aromatic heterocycles. The maximum atomic E-state index is 6.12. The van der Waals surface area contributed by atoms with E-state index in [9.17, 15) is 0 Å². The Bertz CT molecular complexity index is 610. The summed E-state index contributed by atoms with van der Waals surface area (Å²) < 4.78 is 12.2. The number of benzene rings is 2. The molecule has 0 aliphatic rings. The topological polar surface area (TPSA) is 18.5 Å². The number of hydrogen-bond acceptors (Lipinski definition) is 2. The van der Waals surface area contributed by atoms with Crippen LogP contribution in [-0.4, -0.2) is 22.8 Å². The van der Waals surface area contributed by atoms with Crippen molar-refractivity contribution >= 4 is 24.5 Å². The zero-order valence-corrected chi connectivity index (χ0v) is 14.9. The van der Waals surface area contributed by atoms with Gasteiger partial charge in [0.05, 0.1) is 0 Å². The van der Waals surface area contributed by atoms with Gasteiger partial charge in [-0.1, -0.05) is 70.2 Å². The third-order valence-electron chi connectivity index (χ3n) is 5.01. The van der Waals surface area contributed by atoms with Crippen LogP contribution in [0.25, 0.3) is 10.8 Å². The first-order chi connectivity index (χ1) is 9.90. The second-order valence-corrected chi connectivity index (χ2v) is 10.3. The number of hydrogen-bond donors (Lipinski definition) is 0. The summed E-state index contributed by atoms with van der Waals surface area (Å²) in [5.41, 5.74) is 0. The van der Waals surface area contributed by atoms with E-state index in [1.54, 1.807) is 14.2 Å². The largest absolute Gasteiger partial charge is 0.394 e. The van der Waals surface area contributed by atoms with Crippen LogP contribution in [0.5, 0.6) is 0 Å². The highest BCUT2D eigenvalue weighted by atomic mass is 28.4. The molecule has 0 atom stereocenters. The molecule has 0 unspecified atom stereocenters. The summed E-state index contributed by atoms with van der Waals surface area (Å²) >= 11 is 0. The van der Waals surface area contributed by atoms with Gasteiger partial charge in [0.25, 0.3) is 0 Å². The average molecular weight is 302 g/mol. The summed E-state index contributed by atoms with van der Waals surface area (Å²) in [6.45, 7) is 9.01. The Balaban J connectivity index is 2.78. The molecule has 2 aromatic carbocycles. The monoisotopic (exact) mass is 302 g/mol. The molecule has 0 aliphatic heterocycles. The third kappa shape index (κ3) is 2.43. The molecule has 2 nitrogen and oxygen atoms in total.